The number of aliphatic hydroxyl groups excluding tert-OH is 1. The van der Waals surface area contributed by atoms with Crippen LogP contribution in [0.4, 0.5) is 5.13 Å². The van der Waals surface area contributed by atoms with E-state index in [1.165, 1.54) is 18.4 Å². The first-order valence-electron chi connectivity index (χ1n) is 6.28. The van der Waals surface area contributed by atoms with Gasteiger partial charge in [0.2, 0.25) is 0 Å². The summed E-state index contributed by atoms with van der Waals surface area (Å²) < 4.78 is 4.57. The number of halogens is 1. The molecule has 1 atom stereocenters. The Balaban J connectivity index is 0.00000200. The van der Waals surface area contributed by atoms with E-state index in [0.29, 0.717) is 5.13 Å². The number of aromatic nitrogens is 1. The minimum atomic E-state index is -0.994. The molecular formula is C12H20ClN3O3S. The molecule has 1 aromatic rings. The van der Waals surface area contributed by atoms with Crippen molar-refractivity contribution in [2.75, 3.05) is 25.9 Å². The van der Waals surface area contributed by atoms with E-state index in [4.69, 9.17) is 5.73 Å². The highest BCUT2D eigenvalue weighted by Crippen LogP contribution is 2.24. The maximum atomic E-state index is 11.3. The van der Waals surface area contributed by atoms with E-state index in [1.54, 1.807) is 6.20 Å². The molecule has 0 spiro atoms. The molecule has 2 rings (SSSR count). The number of carbonyl (C=O) groups is 1. The number of esters is 1. The fraction of sp³-hybridized carbons (Fsp3) is 0.667. The Morgan fingerprint density at radius 1 is 1.65 bits per heavy atom. The Kier molecular flexibility index (Phi) is 6.67. The average molecular weight is 322 g/mol. The average Bonchev–Trinajstić information content (AvgIpc) is 2.83. The molecule has 2 heterocycles. The van der Waals surface area contributed by atoms with Crippen molar-refractivity contribution in [2.45, 2.75) is 25.5 Å². The number of piperidine rings is 1. The summed E-state index contributed by atoms with van der Waals surface area (Å²) in [7, 11) is 1.30. The fourth-order valence-electron chi connectivity index (χ4n) is 2.36. The van der Waals surface area contributed by atoms with Gasteiger partial charge in [-0.25, -0.2) is 9.78 Å². The SMILES string of the molecule is COC(=O)C(O)C1CCN(Cc2cnc(N)s2)CC1.Cl. The van der Waals surface area contributed by atoms with Crippen molar-refractivity contribution in [2.24, 2.45) is 5.92 Å². The zero-order chi connectivity index (χ0) is 13.8. The molecule has 0 radical (unpaired) electrons. The van der Waals surface area contributed by atoms with Crippen molar-refractivity contribution in [3.05, 3.63) is 11.1 Å². The standard InChI is InChI=1S/C12H19N3O3S.ClH/c1-18-11(17)10(16)8-2-4-15(5-3-8)7-9-6-14-12(13)19-9;/h6,8,10,16H,2-5,7H2,1H3,(H2,13,14);1H. The molecule has 8 heteroatoms. The molecule has 1 fully saturated rings. The minimum absolute atomic E-state index is 0. The smallest absolute Gasteiger partial charge is 0.334 e. The number of hydrogen-bond donors (Lipinski definition) is 2. The molecular weight excluding hydrogens is 302 g/mol. The Hall–Kier alpha value is -0.890. The molecule has 0 saturated carbocycles. The third-order valence-electron chi connectivity index (χ3n) is 3.47. The Labute approximate surface area is 128 Å². The summed E-state index contributed by atoms with van der Waals surface area (Å²) in [6, 6.07) is 0. The van der Waals surface area contributed by atoms with E-state index >= 15 is 0 Å². The van der Waals surface area contributed by atoms with Gasteiger partial charge in [-0.2, -0.15) is 0 Å². The molecule has 0 amide bonds. The van der Waals surface area contributed by atoms with Gasteiger partial charge in [0.05, 0.1) is 7.11 Å². The van der Waals surface area contributed by atoms with Gasteiger partial charge in [0.1, 0.15) is 0 Å². The van der Waals surface area contributed by atoms with E-state index in [1.807, 2.05) is 0 Å². The van der Waals surface area contributed by atoms with Crippen LogP contribution in [0.15, 0.2) is 6.20 Å². The van der Waals surface area contributed by atoms with Crippen molar-refractivity contribution in [3.63, 3.8) is 0 Å². The topological polar surface area (TPSA) is 88.7 Å². The molecule has 1 aliphatic heterocycles. The summed E-state index contributed by atoms with van der Waals surface area (Å²) in [5.41, 5.74) is 5.60. The molecule has 0 bridgehead atoms. The van der Waals surface area contributed by atoms with Gasteiger partial charge in [0, 0.05) is 17.6 Å². The largest absolute Gasteiger partial charge is 0.467 e. The maximum absolute atomic E-state index is 11.3. The predicted octanol–water partition coefficient (Wildman–Crippen LogP) is 0.893. The Morgan fingerprint density at radius 3 is 2.80 bits per heavy atom. The van der Waals surface area contributed by atoms with Crippen LogP contribution in [0.1, 0.15) is 17.7 Å². The molecule has 1 aromatic heterocycles. The number of rotatable bonds is 4. The van der Waals surface area contributed by atoms with Gasteiger partial charge in [0.15, 0.2) is 11.2 Å². The quantitative estimate of drug-likeness (QED) is 0.801. The fourth-order valence-corrected chi connectivity index (χ4v) is 3.08. The molecule has 6 nitrogen and oxygen atoms in total. The highest BCUT2D eigenvalue weighted by Gasteiger charge is 2.30. The molecule has 0 aromatic carbocycles. The van der Waals surface area contributed by atoms with E-state index < -0.39 is 12.1 Å². The second-order valence-corrected chi connectivity index (χ2v) is 5.89. The summed E-state index contributed by atoms with van der Waals surface area (Å²) >= 11 is 1.50. The number of thiazole rings is 1. The van der Waals surface area contributed by atoms with Crippen LogP contribution in [0.25, 0.3) is 0 Å². The Bertz CT molecular complexity index is 435. The lowest BCUT2D eigenvalue weighted by atomic mass is 9.91. The number of hydrogen-bond acceptors (Lipinski definition) is 7. The van der Waals surface area contributed by atoms with Gasteiger partial charge < -0.3 is 15.6 Å². The van der Waals surface area contributed by atoms with E-state index in [9.17, 15) is 9.90 Å². The van der Waals surface area contributed by atoms with Gasteiger partial charge in [0.25, 0.3) is 0 Å². The maximum Gasteiger partial charge on any atom is 0.334 e. The van der Waals surface area contributed by atoms with Gasteiger partial charge >= 0.3 is 5.97 Å². The van der Waals surface area contributed by atoms with Crippen LogP contribution in [-0.4, -0.2) is 47.3 Å². The number of methoxy groups -OCH3 is 1. The number of carbonyl (C=O) groups excluding carboxylic acids is 1. The van der Waals surface area contributed by atoms with Crippen LogP contribution in [0.2, 0.25) is 0 Å². The predicted molar refractivity (Wildman–Crippen MR) is 79.8 cm³/mol. The second kappa shape index (κ2) is 7.78. The van der Waals surface area contributed by atoms with Crippen LogP contribution in [-0.2, 0) is 16.1 Å². The number of nitrogen functional groups attached to an aromatic ring is 1. The second-order valence-electron chi connectivity index (χ2n) is 4.75. The van der Waals surface area contributed by atoms with Gasteiger partial charge in [-0.15, -0.1) is 23.7 Å². The highest BCUT2D eigenvalue weighted by molar-refractivity contribution is 7.15. The first-order chi connectivity index (χ1) is 9.10. The number of ether oxygens (including phenoxy) is 1. The van der Waals surface area contributed by atoms with Gasteiger partial charge in [-0.05, 0) is 31.8 Å². The zero-order valence-electron chi connectivity index (χ0n) is 11.3. The summed E-state index contributed by atoms with van der Waals surface area (Å²) in [5.74, 6) is -0.538. The van der Waals surface area contributed by atoms with Crippen LogP contribution in [0.3, 0.4) is 0 Å². The van der Waals surface area contributed by atoms with Crippen molar-refractivity contribution in [3.8, 4) is 0 Å². The van der Waals surface area contributed by atoms with E-state index in [0.717, 1.165) is 37.4 Å². The molecule has 20 heavy (non-hydrogen) atoms. The molecule has 1 saturated heterocycles. The lowest BCUT2D eigenvalue weighted by molar-refractivity contribution is -0.154. The van der Waals surface area contributed by atoms with Crippen molar-refractivity contribution < 1.29 is 14.6 Å². The van der Waals surface area contributed by atoms with Gasteiger partial charge in [-0.3, -0.25) is 4.90 Å². The van der Waals surface area contributed by atoms with Crippen molar-refractivity contribution in [1.29, 1.82) is 0 Å². The number of anilines is 1. The summed E-state index contributed by atoms with van der Waals surface area (Å²) in [5, 5.41) is 10.4. The molecule has 114 valence electrons. The van der Waals surface area contributed by atoms with Crippen LogP contribution in [0, 0.1) is 5.92 Å². The normalized spacial score (nSPS) is 18.3. The summed E-state index contributed by atoms with van der Waals surface area (Å²) in [6.07, 6.45) is 2.40. The van der Waals surface area contributed by atoms with Crippen LogP contribution >= 0.6 is 23.7 Å². The lowest BCUT2D eigenvalue weighted by Crippen LogP contribution is -2.40. The minimum Gasteiger partial charge on any atom is -0.467 e. The third-order valence-corrected chi connectivity index (χ3v) is 4.28. The van der Waals surface area contributed by atoms with Gasteiger partial charge in [-0.1, -0.05) is 0 Å². The van der Waals surface area contributed by atoms with Crippen LogP contribution < -0.4 is 5.73 Å². The number of likely N-dealkylation sites (tertiary alicyclic amines) is 1. The van der Waals surface area contributed by atoms with Crippen molar-refractivity contribution >= 4 is 34.8 Å². The summed E-state index contributed by atoms with van der Waals surface area (Å²) in [6.45, 7) is 2.54. The molecule has 0 aliphatic carbocycles. The third kappa shape index (κ3) is 4.31. The lowest BCUT2D eigenvalue weighted by Gasteiger charge is -2.32. The first kappa shape index (κ1) is 17.2. The van der Waals surface area contributed by atoms with E-state index in [-0.39, 0.29) is 18.3 Å². The van der Waals surface area contributed by atoms with Crippen LogP contribution in [0.5, 0.6) is 0 Å². The molecule has 1 unspecified atom stereocenters. The number of nitrogens with zero attached hydrogens (tertiary/aromatic N) is 2. The first-order valence-corrected chi connectivity index (χ1v) is 7.10. The monoisotopic (exact) mass is 321 g/mol. The van der Waals surface area contributed by atoms with E-state index in [2.05, 4.69) is 14.6 Å². The highest BCUT2D eigenvalue weighted by atomic mass is 35.5. The Morgan fingerprint density at radius 2 is 2.30 bits per heavy atom. The number of nitrogens with two attached hydrogens (primary N) is 1. The van der Waals surface area contributed by atoms with Crippen molar-refractivity contribution in [1.82, 2.24) is 9.88 Å². The number of aliphatic hydroxyl groups is 1. The molecule has 1 aliphatic rings. The summed E-state index contributed by atoms with van der Waals surface area (Å²) in [4.78, 5) is 18.7. The molecule has 3 N–H and O–H groups in total. The zero-order valence-corrected chi connectivity index (χ0v) is 13.0.